The molecule has 2 aliphatic carbocycles. The van der Waals surface area contributed by atoms with E-state index in [1.807, 2.05) is 60.7 Å². The molecule has 0 atom stereocenters. The highest BCUT2D eigenvalue weighted by molar-refractivity contribution is 6.27. The molecule has 0 amide bonds. The Morgan fingerprint density at radius 3 is 0.784 bits per heavy atom. The summed E-state index contributed by atoms with van der Waals surface area (Å²) in [4.78, 5) is 0. The van der Waals surface area contributed by atoms with Crippen LogP contribution in [-0.4, -0.2) is 10.0 Å². The minimum absolute atomic E-state index is 0.0463. The van der Waals surface area contributed by atoms with Gasteiger partial charge in [-0.1, -0.05) is 130 Å². The van der Waals surface area contributed by atoms with E-state index in [1.165, 1.54) is 59.2 Å². The van der Waals surface area contributed by atoms with Gasteiger partial charge in [-0.3, -0.25) is 0 Å². The van der Waals surface area contributed by atoms with Crippen molar-refractivity contribution in [3.63, 3.8) is 0 Å². The highest BCUT2D eigenvalue weighted by Crippen LogP contribution is 2.52. The molecule has 2 aromatic rings. The van der Waals surface area contributed by atoms with Crippen LogP contribution in [0.3, 0.4) is 0 Å². The lowest BCUT2D eigenvalue weighted by Crippen LogP contribution is -2.00. The fraction of sp³-hybridized carbons (Fsp3) is 0.294. The molecule has 5 rings (SSSR count). The lowest BCUT2D eigenvalue weighted by atomic mass is 9.92. The number of rotatable bonds is 2. The van der Waals surface area contributed by atoms with Crippen molar-refractivity contribution in [2.45, 2.75) is 69.2 Å². The van der Waals surface area contributed by atoms with Crippen molar-refractivity contribution in [1.82, 2.24) is 0 Å². The largest absolute Gasteiger partial charge is 1.62 e. The quantitative estimate of drug-likeness (QED) is 0.377. The lowest BCUT2D eigenvalue weighted by Gasteiger charge is -2.12. The van der Waals surface area contributed by atoms with E-state index < -0.39 is 0 Å². The second-order valence-corrected chi connectivity index (χ2v) is 10.5. The molecule has 10 radical (unpaired) electrons. The first-order valence-corrected chi connectivity index (χ1v) is 13.7. The molecule has 2 aromatic carbocycles. The summed E-state index contributed by atoms with van der Waals surface area (Å²) in [6.07, 6.45) is 0. The molecule has 0 saturated heterocycles. The van der Waals surface area contributed by atoms with Gasteiger partial charge in [0, 0.05) is 11.1 Å². The van der Waals surface area contributed by atoms with Gasteiger partial charge in [0.05, 0.1) is 0 Å². The Bertz CT molecular complexity index is 818. The van der Waals surface area contributed by atoms with Crippen LogP contribution in [0.1, 0.15) is 80.4 Å². The summed E-state index contributed by atoms with van der Waals surface area (Å²) in [6.45, 7) is 22.0. The Balaban J connectivity index is 0.000000165. The first-order chi connectivity index (χ1) is 17.6. The van der Waals surface area contributed by atoms with E-state index >= 15 is 0 Å². The van der Waals surface area contributed by atoms with Crippen molar-refractivity contribution < 1.29 is 8.85 Å². The van der Waals surface area contributed by atoms with Crippen molar-refractivity contribution in [1.29, 1.82) is 0 Å². The molecular weight excluding hydrogens is 468 g/mol. The molecule has 1 aliphatic heterocycles. The zero-order valence-corrected chi connectivity index (χ0v) is 25.1. The predicted octanol–water partition coefficient (Wildman–Crippen LogP) is 9.04. The molecule has 190 valence electrons. The summed E-state index contributed by atoms with van der Waals surface area (Å²) in [7, 11) is 0.0463. The van der Waals surface area contributed by atoms with Crippen LogP contribution in [0.2, 0.25) is 0 Å². The predicted molar refractivity (Wildman–Crippen MR) is 157 cm³/mol. The van der Waals surface area contributed by atoms with Crippen molar-refractivity contribution in [2.75, 3.05) is 0 Å². The van der Waals surface area contributed by atoms with Gasteiger partial charge in [0.1, 0.15) is 0 Å². The zero-order chi connectivity index (χ0) is 27.3. The van der Waals surface area contributed by atoms with Crippen molar-refractivity contribution in [2.24, 2.45) is 0 Å². The Morgan fingerprint density at radius 1 is 0.351 bits per heavy atom. The van der Waals surface area contributed by atoms with Crippen LogP contribution in [-0.2, 0) is 8.85 Å². The first kappa shape index (κ1) is 29.6. The molecule has 0 bridgehead atoms. The minimum Gasteiger partial charge on any atom is -0.132 e. The topological polar surface area (TPSA) is 18.5 Å². The number of benzene rings is 2. The average molecular weight is 509 g/mol. The maximum absolute atomic E-state index is 5.59. The fourth-order valence-corrected chi connectivity index (χ4v) is 5.20. The second-order valence-electron chi connectivity index (χ2n) is 9.93. The van der Waals surface area contributed by atoms with Crippen LogP contribution in [0.25, 0.3) is 11.5 Å². The van der Waals surface area contributed by atoms with Crippen LogP contribution >= 0.6 is 0 Å². The average Bonchev–Trinajstić information content (AvgIpc) is 3.54. The van der Waals surface area contributed by atoms with E-state index in [-0.39, 0.29) is 10.0 Å². The third-order valence-electron chi connectivity index (χ3n) is 8.19. The summed E-state index contributed by atoms with van der Waals surface area (Å²) >= 11 is 0. The maximum atomic E-state index is 5.59. The van der Waals surface area contributed by atoms with E-state index in [1.54, 1.807) is 0 Å². The van der Waals surface area contributed by atoms with Gasteiger partial charge in [0.15, 0.2) is 0 Å². The molecule has 0 spiro atoms. The summed E-state index contributed by atoms with van der Waals surface area (Å²) in [5.74, 6) is 16.3. The van der Waals surface area contributed by atoms with E-state index in [4.69, 9.17) is 8.85 Å². The Kier molecular flexibility index (Phi) is 10.5. The third kappa shape index (κ3) is 6.71. The molecule has 0 aromatic heterocycles. The molecule has 2 fully saturated rings. The van der Waals surface area contributed by atoms with Crippen LogP contribution in [0.15, 0.2) is 60.7 Å². The normalized spacial score (nSPS) is 21.6. The van der Waals surface area contributed by atoms with Gasteiger partial charge in [0.25, 0.3) is 11.5 Å². The molecule has 0 N–H and O–H groups in total. The van der Waals surface area contributed by atoms with Crippen LogP contribution < -0.4 is 0 Å². The van der Waals surface area contributed by atoms with Gasteiger partial charge in [-0.15, -0.1) is 8.85 Å². The van der Waals surface area contributed by atoms with E-state index in [2.05, 4.69) is 69.2 Å². The molecule has 2 saturated carbocycles. The summed E-state index contributed by atoms with van der Waals surface area (Å²) in [5, 5.41) is 0. The molecule has 3 heteroatoms. The fourth-order valence-electron chi connectivity index (χ4n) is 4.57. The highest BCUT2D eigenvalue weighted by atomic mass is 28.3. The molecule has 0 unspecified atom stereocenters. The first-order valence-electron chi connectivity index (χ1n) is 12.9. The van der Waals surface area contributed by atoms with E-state index in [9.17, 15) is 0 Å². The van der Waals surface area contributed by atoms with Gasteiger partial charge in [-0.05, 0) is 59.2 Å². The van der Waals surface area contributed by atoms with E-state index in [0.29, 0.717) is 0 Å². The Hall–Kier alpha value is -2.00. The molecule has 1 heterocycles. The summed E-state index contributed by atoms with van der Waals surface area (Å²) < 4.78 is 11.2. The SMILES string of the molecule is C[C]1[C](C)[C](C)[C](C)[C]1C.C[C]1[C](C)[C](C)[C](C)[C]1C.c1ccc(C2=C(c3ccccc3)O[Si+2]O2)cc1. The summed E-state index contributed by atoms with van der Waals surface area (Å²) in [6, 6.07) is 20.1. The van der Waals surface area contributed by atoms with Crippen molar-refractivity contribution in [3.05, 3.63) is 131 Å². The zero-order valence-electron chi connectivity index (χ0n) is 24.1. The molecule has 2 nitrogen and oxygen atoms in total. The van der Waals surface area contributed by atoms with Gasteiger partial charge in [0.2, 0.25) is 0 Å². The number of hydrogen-bond donors (Lipinski definition) is 0. The number of hydrogen-bond acceptors (Lipinski definition) is 2. The highest BCUT2D eigenvalue weighted by Gasteiger charge is 2.65. The summed E-state index contributed by atoms with van der Waals surface area (Å²) in [5.41, 5.74) is 2.10. The standard InChI is InChI=1S/C14H10O2Si.2C10H15/c1-3-7-11(8-4-1)13-14(16-17-15-13)12-9-5-2-6-10-12;2*1-6-7(2)9(4)10(5)8(6)3/h1-10H;2*1-5H3/q+2;;. The molecule has 3 aliphatic rings. The second kappa shape index (κ2) is 13.2. The van der Waals surface area contributed by atoms with Gasteiger partial charge in [-0.2, -0.15) is 0 Å². The molecular formula is C34H40O2Si+2. The third-order valence-corrected chi connectivity index (χ3v) is 8.77. The van der Waals surface area contributed by atoms with Crippen LogP contribution in [0, 0.1) is 59.2 Å². The smallest absolute Gasteiger partial charge is 0.132 e. The van der Waals surface area contributed by atoms with Crippen molar-refractivity contribution in [3.8, 4) is 0 Å². The Labute approximate surface area is 230 Å². The Morgan fingerprint density at radius 2 is 0.568 bits per heavy atom. The minimum atomic E-state index is 0.0463. The maximum Gasteiger partial charge on any atom is 1.62 e. The van der Waals surface area contributed by atoms with E-state index in [0.717, 1.165) is 22.6 Å². The molecule has 37 heavy (non-hydrogen) atoms. The van der Waals surface area contributed by atoms with Gasteiger partial charge in [-0.25, -0.2) is 0 Å². The monoisotopic (exact) mass is 508 g/mol. The van der Waals surface area contributed by atoms with Crippen molar-refractivity contribution >= 4 is 21.5 Å². The van der Waals surface area contributed by atoms with Crippen LogP contribution in [0.5, 0.6) is 0 Å². The van der Waals surface area contributed by atoms with Crippen LogP contribution in [0.4, 0.5) is 0 Å². The lowest BCUT2D eigenvalue weighted by molar-refractivity contribution is 0.467. The van der Waals surface area contributed by atoms with Gasteiger partial charge < -0.3 is 0 Å². The van der Waals surface area contributed by atoms with Gasteiger partial charge >= 0.3 is 10.0 Å².